The fraction of sp³-hybridized carbons (Fsp3) is 0.250. The molecular formula is C12H12BrN5O. The monoisotopic (exact) mass is 321 g/mol. The molecule has 1 aliphatic rings. The fourth-order valence-electron chi connectivity index (χ4n) is 2.30. The van der Waals surface area contributed by atoms with Crippen LogP contribution in [-0.4, -0.2) is 27.2 Å². The molecule has 0 bridgehead atoms. The third-order valence-corrected chi connectivity index (χ3v) is 3.93. The van der Waals surface area contributed by atoms with Crippen molar-refractivity contribution in [2.75, 3.05) is 11.9 Å². The molecule has 2 aromatic rings. The van der Waals surface area contributed by atoms with Crippen LogP contribution >= 0.6 is 15.9 Å². The highest BCUT2D eigenvalue weighted by atomic mass is 79.9. The van der Waals surface area contributed by atoms with Crippen LogP contribution in [0.2, 0.25) is 0 Å². The van der Waals surface area contributed by atoms with Crippen LogP contribution in [0.25, 0.3) is 0 Å². The number of nitrogens with one attached hydrogen (secondary N) is 1. The van der Waals surface area contributed by atoms with E-state index in [-0.39, 0.29) is 11.7 Å². The van der Waals surface area contributed by atoms with Crippen molar-refractivity contribution in [3.63, 3.8) is 0 Å². The Hall–Kier alpha value is -1.89. The first-order chi connectivity index (χ1) is 9.18. The quantitative estimate of drug-likeness (QED) is 0.878. The van der Waals surface area contributed by atoms with Gasteiger partial charge in [-0.2, -0.15) is 5.10 Å². The van der Waals surface area contributed by atoms with Gasteiger partial charge in [-0.05, 0) is 40.0 Å². The molecule has 0 radical (unpaired) electrons. The molecule has 0 saturated heterocycles. The van der Waals surface area contributed by atoms with Crippen molar-refractivity contribution in [1.82, 2.24) is 14.8 Å². The van der Waals surface area contributed by atoms with E-state index in [4.69, 9.17) is 5.73 Å². The molecular weight excluding hydrogens is 310 g/mol. The van der Waals surface area contributed by atoms with Gasteiger partial charge in [-0.3, -0.25) is 9.78 Å². The third kappa shape index (κ3) is 1.99. The fourth-order valence-corrected chi connectivity index (χ4v) is 2.90. The average Bonchev–Trinajstić information content (AvgIpc) is 2.78. The van der Waals surface area contributed by atoms with Crippen LogP contribution in [0.4, 0.5) is 5.82 Å². The van der Waals surface area contributed by atoms with Crippen molar-refractivity contribution >= 4 is 27.7 Å². The zero-order valence-electron chi connectivity index (χ0n) is 10.0. The number of pyridine rings is 1. The molecule has 19 heavy (non-hydrogen) atoms. The first-order valence-electron chi connectivity index (χ1n) is 5.90. The highest BCUT2D eigenvalue weighted by Gasteiger charge is 2.28. The number of carbonyl (C=O) groups excluding carboxylic acids is 1. The number of carbonyl (C=O) groups is 1. The molecule has 0 aliphatic carbocycles. The number of fused-ring (bicyclic) bond motifs is 1. The summed E-state index contributed by atoms with van der Waals surface area (Å²) in [5.41, 5.74) is 6.70. The van der Waals surface area contributed by atoms with Gasteiger partial charge in [0.15, 0.2) is 5.69 Å². The number of primary amides is 1. The molecule has 0 spiro atoms. The summed E-state index contributed by atoms with van der Waals surface area (Å²) in [6.45, 7) is 0.815. The molecule has 1 aliphatic heterocycles. The van der Waals surface area contributed by atoms with Crippen molar-refractivity contribution in [3.8, 4) is 0 Å². The lowest BCUT2D eigenvalue weighted by Crippen LogP contribution is -2.24. The minimum Gasteiger partial charge on any atom is -0.369 e. The molecule has 2 aromatic heterocycles. The highest BCUT2D eigenvalue weighted by molar-refractivity contribution is 9.10. The minimum absolute atomic E-state index is 0.0867. The number of rotatable bonds is 2. The highest BCUT2D eigenvalue weighted by Crippen LogP contribution is 2.35. The molecule has 98 valence electrons. The normalized spacial score (nSPS) is 17.6. The summed E-state index contributed by atoms with van der Waals surface area (Å²) in [4.78, 5) is 15.4. The van der Waals surface area contributed by atoms with E-state index in [1.165, 1.54) is 0 Å². The molecule has 0 aromatic carbocycles. The van der Waals surface area contributed by atoms with E-state index in [1.807, 2.05) is 16.8 Å². The molecule has 1 unspecified atom stereocenters. The lowest BCUT2D eigenvalue weighted by Gasteiger charge is -2.26. The van der Waals surface area contributed by atoms with E-state index in [1.54, 1.807) is 12.4 Å². The Labute approximate surface area is 118 Å². The maximum absolute atomic E-state index is 11.4. The van der Waals surface area contributed by atoms with E-state index in [9.17, 15) is 4.79 Å². The molecule has 0 fully saturated rings. The van der Waals surface area contributed by atoms with Gasteiger partial charge in [0.05, 0.1) is 10.5 Å². The summed E-state index contributed by atoms with van der Waals surface area (Å²) >= 11 is 3.38. The number of hydrogen-bond acceptors (Lipinski definition) is 4. The van der Waals surface area contributed by atoms with Gasteiger partial charge in [-0.1, -0.05) is 0 Å². The molecule has 3 rings (SSSR count). The first-order valence-corrected chi connectivity index (χ1v) is 6.69. The van der Waals surface area contributed by atoms with Gasteiger partial charge in [0, 0.05) is 18.9 Å². The Bertz CT molecular complexity index is 625. The van der Waals surface area contributed by atoms with E-state index < -0.39 is 5.91 Å². The minimum atomic E-state index is -0.538. The summed E-state index contributed by atoms with van der Waals surface area (Å²) in [5.74, 6) is 0.255. The van der Waals surface area contributed by atoms with Crippen LogP contribution in [-0.2, 0) is 0 Å². The Morgan fingerprint density at radius 1 is 1.47 bits per heavy atom. The van der Waals surface area contributed by atoms with Crippen molar-refractivity contribution in [1.29, 1.82) is 0 Å². The number of halogens is 1. The number of nitrogens with zero attached hydrogens (tertiary/aromatic N) is 3. The molecule has 6 nitrogen and oxygen atoms in total. The van der Waals surface area contributed by atoms with Crippen LogP contribution in [0.5, 0.6) is 0 Å². The van der Waals surface area contributed by atoms with E-state index in [2.05, 4.69) is 31.3 Å². The number of aromatic nitrogens is 3. The van der Waals surface area contributed by atoms with Crippen LogP contribution in [0.3, 0.4) is 0 Å². The van der Waals surface area contributed by atoms with Crippen molar-refractivity contribution in [3.05, 3.63) is 40.3 Å². The average molecular weight is 322 g/mol. The topological polar surface area (TPSA) is 85.8 Å². The van der Waals surface area contributed by atoms with Gasteiger partial charge in [0.1, 0.15) is 5.82 Å². The number of hydrogen-bond donors (Lipinski definition) is 2. The number of nitrogens with two attached hydrogens (primary N) is 1. The molecule has 3 N–H and O–H groups in total. The van der Waals surface area contributed by atoms with Gasteiger partial charge >= 0.3 is 0 Å². The van der Waals surface area contributed by atoms with E-state index in [0.29, 0.717) is 4.47 Å². The molecule has 7 heteroatoms. The zero-order valence-corrected chi connectivity index (χ0v) is 11.6. The van der Waals surface area contributed by atoms with Gasteiger partial charge in [-0.25, -0.2) is 4.68 Å². The maximum Gasteiger partial charge on any atom is 0.270 e. The van der Waals surface area contributed by atoms with Gasteiger partial charge in [0.2, 0.25) is 0 Å². The van der Waals surface area contributed by atoms with Gasteiger partial charge in [0.25, 0.3) is 5.91 Å². The van der Waals surface area contributed by atoms with E-state index >= 15 is 0 Å². The van der Waals surface area contributed by atoms with Crippen LogP contribution < -0.4 is 11.1 Å². The lowest BCUT2D eigenvalue weighted by molar-refractivity contribution is 0.0994. The number of anilines is 1. The predicted molar refractivity (Wildman–Crippen MR) is 73.9 cm³/mol. The second kappa shape index (κ2) is 4.65. The second-order valence-corrected chi connectivity index (χ2v) is 5.12. The Kier molecular flexibility index (Phi) is 2.98. The maximum atomic E-state index is 11.4. The summed E-state index contributed by atoms with van der Waals surface area (Å²) in [6, 6.07) is 4.00. The summed E-state index contributed by atoms with van der Waals surface area (Å²) in [7, 11) is 0. The molecule has 3 heterocycles. The standard InChI is InChI=1S/C12H12BrN5O/c13-9-10(11(14)19)17-18-8(3-6-16-12(9)18)7-1-4-15-5-2-7/h1-2,4-5,8,16H,3,6H2,(H2,14,19). The predicted octanol–water partition coefficient (Wildman–Crippen LogP) is 1.54. The first kappa shape index (κ1) is 12.2. The zero-order chi connectivity index (χ0) is 13.4. The summed E-state index contributed by atoms with van der Waals surface area (Å²) in [5, 5.41) is 7.56. The van der Waals surface area contributed by atoms with Crippen molar-refractivity contribution < 1.29 is 4.79 Å². The molecule has 0 saturated carbocycles. The van der Waals surface area contributed by atoms with Gasteiger partial charge in [-0.15, -0.1) is 0 Å². The third-order valence-electron chi connectivity index (χ3n) is 3.18. The smallest absolute Gasteiger partial charge is 0.270 e. The lowest BCUT2D eigenvalue weighted by atomic mass is 10.0. The Morgan fingerprint density at radius 3 is 2.89 bits per heavy atom. The van der Waals surface area contributed by atoms with Crippen LogP contribution in [0, 0.1) is 0 Å². The van der Waals surface area contributed by atoms with Gasteiger partial charge < -0.3 is 11.1 Å². The summed E-state index contributed by atoms with van der Waals surface area (Å²) in [6.07, 6.45) is 4.40. The van der Waals surface area contributed by atoms with Crippen molar-refractivity contribution in [2.45, 2.75) is 12.5 Å². The largest absolute Gasteiger partial charge is 0.369 e. The Balaban J connectivity index is 2.10. The molecule has 1 amide bonds. The molecule has 1 atom stereocenters. The second-order valence-electron chi connectivity index (χ2n) is 4.33. The van der Waals surface area contributed by atoms with Crippen LogP contribution in [0.15, 0.2) is 29.0 Å². The SMILES string of the molecule is NC(=O)c1nn2c(c1Br)NCCC2c1ccncc1. The summed E-state index contributed by atoms with van der Waals surface area (Å²) < 4.78 is 2.43. The van der Waals surface area contributed by atoms with Crippen molar-refractivity contribution in [2.24, 2.45) is 5.73 Å². The van der Waals surface area contributed by atoms with E-state index in [0.717, 1.165) is 24.3 Å². The Morgan fingerprint density at radius 2 is 2.21 bits per heavy atom. The van der Waals surface area contributed by atoms with Crippen LogP contribution in [0.1, 0.15) is 28.5 Å². The number of amides is 1.